The topological polar surface area (TPSA) is 305 Å². The number of nitrogens with one attached hydrogen (secondary N) is 1. The number of amides is 1. The number of aliphatic hydroxyl groups is 2. The van der Waals surface area contributed by atoms with Gasteiger partial charge in [-0.2, -0.15) is 5.10 Å². The number of hydrogen-bond donors (Lipinski definition) is 6. The molecule has 0 spiro atoms. The number of methoxy groups -OCH3 is 1. The number of benzene rings is 5. The first kappa shape index (κ1) is 63.9. The van der Waals surface area contributed by atoms with E-state index in [2.05, 4.69) is 10.4 Å². The van der Waals surface area contributed by atoms with E-state index in [9.17, 15) is 54.3 Å². The summed E-state index contributed by atoms with van der Waals surface area (Å²) in [6.45, 7) is 11.5. The van der Waals surface area contributed by atoms with Crippen molar-refractivity contribution in [3.8, 4) is 23.0 Å². The van der Waals surface area contributed by atoms with Crippen LogP contribution in [0.25, 0.3) is 10.8 Å². The molecule has 9 rings (SSSR count). The minimum Gasteiger partial charge on any atom is -0.507 e. The number of aromatic hydroxyl groups is 3. The number of ketones is 1. The van der Waals surface area contributed by atoms with Gasteiger partial charge in [-0.1, -0.05) is 101 Å². The number of allylic oxidation sites excluding steroid dienone is 2. The third-order valence-corrected chi connectivity index (χ3v) is 15.9. The number of carbonyl (C=O) groups excluding carboxylic acids is 6. The van der Waals surface area contributed by atoms with Crippen molar-refractivity contribution in [2.24, 2.45) is 28.8 Å². The van der Waals surface area contributed by atoms with E-state index in [0.29, 0.717) is 0 Å². The summed E-state index contributed by atoms with van der Waals surface area (Å²) < 4.78 is 48.3. The highest BCUT2D eigenvalue weighted by atomic mass is 16.7. The normalized spacial score (nSPS) is 28.2. The number of carbonyl (C=O) groups is 6. The summed E-state index contributed by atoms with van der Waals surface area (Å²) in [5.41, 5.74) is -0.974. The van der Waals surface area contributed by atoms with Crippen molar-refractivity contribution >= 4 is 58.2 Å². The Morgan fingerprint density at radius 2 is 1.30 bits per heavy atom. The van der Waals surface area contributed by atoms with Crippen molar-refractivity contribution < 1.29 is 92.2 Å². The van der Waals surface area contributed by atoms with E-state index < -0.39 is 160 Å². The maximum Gasteiger partial charge on any atom is 0.338 e. The van der Waals surface area contributed by atoms with Gasteiger partial charge in [0, 0.05) is 68.2 Å². The third kappa shape index (κ3) is 13.5. The van der Waals surface area contributed by atoms with Gasteiger partial charge in [0.05, 0.1) is 69.7 Å². The van der Waals surface area contributed by atoms with Crippen molar-refractivity contribution in [1.29, 1.82) is 0 Å². The fraction of sp³-hybridized carbons (Fsp3) is 0.369. The Morgan fingerprint density at radius 1 is 0.724 bits per heavy atom. The largest absolute Gasteiger partial charge is 0.507 e. The van der Waals surface area contributed by atoms with Crippen LogP contribution in [-0.2, 0) is 42.7 Å². The van der Waals surface area contributed by atoms with Gasteiger partial charge in [-0.05, 0) is 56.3 Å². The molecule has 5 aromatic rings. The Labute approximate surface area is 502 Å². The first-order chi connectivity index (χ1) is 41.4. The summed E-state index contributed by atoms with van der Waals surface area (Å²) in [6.07, 6.45) is -2.10. The van der Waals surface area contributed by atoms with Crippen LogP contribution in [0.3, 0.4) is 0 Å². The van der Waals surface area contributed by atoms with Gasteiger partial charge in [-0.25, -0.2) is 14.4 Å². The molecule has 5 bridgehead atoms. The highest BCUT2D eigenvalue weighted by Gasteiger charge is 2.53. The monoisotopic (exact) mass is 1200 g/mol. The molecule has 87 heavy (non-hydrogen) atoms. The lowest BCUT2D eigenvalue weighted by molar-refractivity contribution is -0.160. The van der Waals surface area contributed by atoms with E-state index >= 15 is 0 Å². The lowest BCUT2D eigenvalue weighted by atomic mass is 9.78. The Bertz CT molecular complexity index is 3520. The summed E-state index contributed by atoms with van der Waals surface area (Å²) in [6, 6.07) is 23.9. The number of Topliss-reactive ketones (excluding diaryl/α,β-unsaturated/α-hetero) is 1. The molecule has 22 heteroatoms. The van der Waals surface area contributed by atoms with Crippen LogP contribution >= 0.6 is 0 Å². The van der Waals surface area contributed by atoms with E-state index in [1.807, 2.05) is 0 Å². The third-order valence-electron chi connectivity index (χ3n) is 15.9. The Morgan fingerprint density at radius 3 is 1.87 bits per heavy atom. The number of aliphatic hydroxyl groups excluding tert-OH is 2. The maximum absolute atomic E-state index is 14.9. The van der Waals surface area contributed by atoms with Crippen LogP contribution in [0.5, 0.6) is 23.0 Å². The number of hydrazone groups is 1. The second-order valence-electron chi connectivity index (χ2n) is 21.9. The van der Waals surface area contributed by atoms with Crippen LogP contribution in [0.2, 0.25) is 0 Å². The summed E-state index contributed by atoms with van der Waals surface area (Å²) in [5.74, 6) is -12.6. The quantitative estimate of drug-likeness (QED) is 0.0172. The van der Waals surface area contributed by atoms with Gasteiger partial charge in [-0.15, -0.1) is 0 Å². The van der Waals surface area contributed by atoms with Crippen molar-refractivity contribution in [3.63, 3.8) is 0 Å². The molecule has 5 aromatic carbocycles. The molecule has 1 amide bonds. The number of ether oxygens (including phenoxy) is 8. The number of phenolic OH excluding ortho intramolecular Hbond substituents is 3. The predicted octanol–water partition coefficient (Wildman–Crippen LogP) is 8.05. The minimum absolute atomic E-state index is 0.0189. The maximum atomic E-state index is 14.9. The van der Waals surface area contributed by atoms with E-state index in [1.54, 1.807) is 88.4 Å². The minimum atomic E-state index is -2.22. The predicted molar refractivity (Wildman–Crippen MR) is 316 cm³/mol. The zero-order chi connectivity index (χ0) is 63.2. The van der Waals surface area contributed by atoms with Gasteiger partial charge in [0.2, 0.25) is 0 Å². The standard InChI is InChI=1S/C65H71N3O19/c1-33-21-20-22-34(2)60(76)67-49-43(31-66-68(9)61-58(86-64(79)42-27-18-13-19-28-42)57(85-63(78)41-25-16-12-17-26-41)45(84-61)32-81-62(77)40-23-14-11-15-24-40)53(73)46-47(54(49)74)52(72)38(6)56-48(46)59(75)65(8,87-56)82-30-29-44(80-10)35(3)55(83-39(7)69)37(5)51(71)36(4)50(33)70/h11-31,33,35-37,44-45,50-51,55,57-58,61,70-74H,32H2,1-10H3,(H,67,76)/b21-20+,30-29+,34-22-,66-31-/t33-,35-,36-,37-,44+,45?,50+,51-,55-,57?,58?,61?,65+/m1/s1. The summed E-state index contributed by atoms with van der Waals surface area (Å²) in [4.78, 5) is 83.1. The number of hydrogen-bond acceptors (Lipinski definition) is 21. The SMILES string of the molecule is CO[C@H]1/C=C/O[C@@]2(C)Oc3c(C)c(O)c4c(O)c(c(/C=N\N(C)C5OC(COC(=O)c6ccccc6)C(OC(=O)c6ccccc6)C5OC(=O)c5ccccc5)c(O)c4c3C2=O)NC(=O)/C(C)=C\C=C\[C@@H](C)[C@H](O)[C@@H](C)[C@@H](O)[C@@H](C)[C@H](OC(C)=O)[C@@H]1C. The molecule has 0 radical (unpaired) electrons. The van der Waals surface area contributed by atoms with Crippen LogP contribution < -0.4 is 10.1 Å². The van der Waals surface area contributed by atoms with Gasteiger partial charge in [0.25, 0.3) is 11.7 Å². The molecule has 4 heterocycles. The molecular weight excluding hydrogens is 1130 g/mol. The fourth-order valence-corrected chi connectivity index (χ4v) is 10.8. The average Bonchev–Trinajstić information content (AvgIpc) is 1.71. The number of likely N-dealkylation sites (N-methyl/N-ethyl adjacent to an activating group) is 1. The van der Waals surface area contributed by atoms with Crippen molar-refractivity contribution in [3.05, 3.63) is 161 Å². The molecule has 1 fully saturated rings. The van der Waals surface area contributed by atoms with Crippen molar-refractivity contribution in [2.75, 3.05) is 26.1 Å². The second-order valence-corrected chi connectivity index (χ2v) is 21.9. The number of fused-ring (bicyclic) bond motifs is 14. The summed E-state index contributed by atoms with van der Waals surface area (Å²) in [5, 5.41) is 67.7. The molecule has 13 atom stereocenters. The van der Waals surface area contributed by atoms with E-state index in [1.165, 1.54) is 96.5 Å². The molecule has 4 aliphatic heterocycles. The van der Waals surface area contributed by atoms with Gasteiger partial charge < -0.3 is 68.7 Å². The smallest absolute Gasteiger partial charge is 0.338 e. The van der Waals surface area contributed by atoms with Crippen molar-refractivity contribution in [1.82, 2.24) is 5.01 Å². The Kier molecular flexibility index (Phi) is 19.9. The zero-order valence-corrected chi connectivity index (χ0v) is 49.6. The van der Waals surface area contributed by atoms with Crippen molar-refractivity contribution in [2.45, 2.75) is 110 Å². The average molecular weight is 1200 g/mol. The van der Waals surface area contributed by atoms with Crippen LogP contribution in [0, 0.1) is 30.6 Å². The lowest BCUT2D eigenvalue weighted by Crippen LogP contribution is -2.46. The first-order valence-corrected chi connectivity index (χ1v) is 28.1. The fourth-order valence-electron chi connectivity index (χ4n) is 10.8. The first-order valence-electron chi connectivity index (χ1n) is 28.1. The zero-order valence-electron chi connectivity index (χ0n) is 49.6. The molecule has 0 saturated carbocycles. The lowest BCUT2D eigenvalue weighted by Gasteiger charge is -2.38. The van der Waals surface area contributed by atoms with Gasteiger partial charge >= 0.3 is 29.7 Å². The molecule has 1 saturated heterocycles. The van der Waals surface area contributed by atoms with Crippen LogP contribution in [-0.4, -0.2) is 148 Å². The van der Waals surface area contributed by atoms with E-state index in [4.69, 9.17) is 37.9 Å². The molecule has 4 unspecified atom stereocenters. The molecule has 0 aromatic heterocycles. The molecule has 0 aliphatic carbocycles. The highest BCUT2D eigenvalue weighted by Crippen LogP contribution is 2.55. The Hall–Kier alpha value is -9.09. The van der Waals surface area contributed by atoms with Crippen LogP contribution in [0.1, 0.15) is 101 Å². The van der Waals surface area contributed by atoms with Gasteiger partial charge in [0.15, 0.2) is 24.2 Å². The van der Waals surface area contributed by atoms with Gasteiger partial charge in [0.1, 0.15) is 36.1 Å². The van der Waals surface area contributed by atoms with Gasteiger partial charge in [-0.3, -0.25) is 19.4 Å². The molecular formula is C65H71N3O19. The van der Waals surface area contributed by atoms with Crippen LogP contribution in [0.15, 0.2) is 132 Å². The summed E-state index contributed by atoms with van der Waals surface area (Å²) in [7, 11) is 2.76. The molecule has 4 aliphatic rings. The number of rotatable bonds is 12. The number of anilines is 1. The molecule has 6 N–H and O–H groups in total. The molecule has 460 valence electrons. The highest BCUT2D eigenvalue weighted by molar-refractivity contribution is 6.24. The van der Waals surface area contributed by atoms with E-state index in [0.717, 1.165) is 17.5 Å². The van der Waals surface area contributed by atoms with Crippen LogP contribution in [0.4, 0.5) is 5.69 Å². The second kappa shape index (κ2) is 27.1. The summed E-state index contributed by atoms with van der Waals surface area (Å²) >= 11 is 0. The number of nitrogens with zero attached hydrogens (tertiary/aromatic N) is 2. The molecule has 22 nitrogen and oxygen atoms in total. The Balaban J connectivity index is 1.26. The number of phenols is 3. The number of esters is 4. The van der Waals surface area contributed by atoms with E-state index in [-0.39, 0.29) is 39.1 Å².